The number of ketones is 1. The Morgan fingerprint density at radius 3 is 2.58 bits per heavy atom. The fourth-order valence-electron chi connectivity index (χ4n) is 4.98. The number of hydrogen-bond acceptors (Lipinski definition) is 6. The molecule has 2 aliphatic carbocycles. The molecule has 0 amide bonds. The van der Waals surface area contributed by atoms with Crippen LogP contribution in [0.1, 0.15) is 73.1 Å². The predicted molar refractivity (Wildman–Crippen MR) is 116 cm³/mol. The first-order chi connectivity index (χ1) is 14.5. The van der Waals surface area contributed by atoms with Crippen molar-refractivity contribution in [2.75, 3.05) is 0 Å². The Labute approximate surface area is 185 Å². The van der Waals surface area contributed by atoms with E-state index < -0.39 is 11.5 Å². The summed E-state index contributed by atoms with van der Waals surface area (Å²) in [5.41, 5.74) is 1.47. The van der Waals surface area contributed by atoms with E-state index in [-0.39, 0.29) is 54.1 Å². The minimum absolute atomic E-state index is 0.0165. The molecule has 6 nitrogen and oxygen atoms in total. The Kier molecular flexibility index (Phi) is 7.09. The molecule has 0 aromatic carbocycles. The van der Waals surface area contributed by atoms with Crippen molar-refractivity contribution < 1.29 is 29.0 Å². The lowest BCUT2D eigenvalue weighted by atomic mass is 9.64. The summed E-state index contributed by atoms with van der Waals surface area (Å²) in [7, 11) is 0. The summed E-state index contributed by atoms with van der Waals surface area (Å²) >= 11 is 0. The maximum Gasteiger partial charge on any atom is 0.311 e. The summed E-state index contributed by atoms with van der Waals surface area (Å²) in [4.78, 5) is 37.3. The number of carbonyl (C=O) groups excluding carboxylic acids is 3. The number of aliphatic hydroxyl groups is 1. The molecule has 172 valence electrons. The number of cyclic esters (lactones) is 1. The second kappa shape index (κ2) is 9.27. The van der Waals surface area contributed by atoms with Gasteiger partial charge in [-0.25, -0.2) is 0 Å². The molecule has 1 saturated heterocycles. The van der Waals surface area contributed by atoms with E-state index in [1.54, 1.807) is 6.08 Å². The molecule has 0 radical (unpaired) electrons. The molecule has 31 heavy (non-hydrogen) atoms. The largest absolute Gasteiger partial charge is 0.462 e. The number of rotatable bonds is 6. The molecule has 6 heteroatoms. The van der Waals surface area contributed by atoms with Gasteiger partial charge in [0.15, 0.2) is 5.78 Å². The van der Waals surface area contributed by atoms with E-state index in [4.69, 9.17) is 9.47 Å². The quantitative estimate of drug-likeness (QED) is 0.640. The zero-order valence-electron chi connectivity index (χ0n) is 19.3. The molecule has 0 bridgehead atoms. The van der Waals surface area contributed by atoms with Crippen LogP contribution in [0.3, 0.4) is 0 Å². The topological polar surface area (TPSA) is 89.9 Å². The van der Waals surface area contributed by atoms with Crippen molar-refractivity contribution in [2.24, 2.45) is 23.2 Å². The van der Waals surface area contributed by atoms with Gasteiger partial charge in [0.1, 0.15) is 12.2 Å². The third-order valence-electron chi connectivity index (χ3n) is 7.34. The molecular weight excluding hydrogens is 396 g/mol. The van der Waals surface area contributed by atoms with Crippen LogP contribution in [0.15, 0.2) is 23.3 Å². The summed E-state index contributed by atoms with van der Waals surface area (Å²) in [6.45, 7) is 9.70. The van der Waals surface area contributed by atoms with Crippen molar-refractivity contribution in [2.45, 2.75) is 91.5 Å². The SMILES string of the molecule is CCC(C)(C)C(=O)O[C@H]1CC(C)=CC2=CC(=O)[C@@H](C)[C@@H](CC[C@@H]3C[C@@H](O)CC(=O)O3)[C@H]21. The molecular formula is C25H36O6. The van der Waals surface area contributed by atoms with Crippen LogP contribution in [0.4, 0.5) is 0 Å². The van der Waals surface area contributed by atoms with Crippen molar-refractivity contribution in [1.82, 2.24) is 0 Å². The molecule has 0 spiro atoms. The van der Waals surface area contributed by atoms with Crippen LogP contribution in [0.5, 0.6) is 0 Å². The van der Waals surface area contributed by atoms with Crippen LogP contribution in [-0.4, -0.2) is 41.1 Å². The molecule has 0 unspecified atom stereocenters. The Balaban J connectivity index is 1.82. The van der Waals surface area contributed by atoms with Gasteiger partial charge >= 0.3 is 11.9 Å². The Morgan fingerprint density at radius 1 is 1.23 bits per heavy atom. The number of aliphatic hydroxyl groups excluding tert-OH is 1. The van der Waals surface area contributed by atoms with Crippen molar-refractivity contribution in [3.05, 3.63) is 23.3 Å². The minimum atomic E-state index is -0.669. The van der Waals surface area contributed by atoms with Crippen LogP contribution in [0.2, 0.25) is 0 Å². The Hall–Kier alpha value is -1.95. The Bertz CT molecular complexity index is 792. The van der Waals surface area contributed by atoms with Gasteiger partial charge in [-0.2, -0.15) is 0 Å². The van der Waals surface area contributed by atoms with Crippen molar-refractivity contribution in [1.29, 1.82) is 0 Å². The summed E-state index contributed by atoms with van der Waals surface area (Å²) in [6, 6.07) is 0. The van der Waals surface area contributed by atoms with Gasteiger partial charge in [0, 0.05) is 24.7 Å². The highest BCUT2D eigenvalue weighted by Crippen LogP contribution is 2.45. The number of esters is 2. The molecule has 3 aliphatic rings. The molecule has 1 aliphatic heterocycles. The highest BCUT2D eigenvalue weighted by Gasteiger charge is 2.45. The van der Waals surface area contributed by atoms with Crippen LogP contribution in [-0.2, 0) is 23.9 Å². The maximum absolute atomic E-state index is 12.9. The third kappa shape index (κ3) is 5.28. The maximum atomic E-state index is 12.9. The molecule has 0 aromatic rings. The van der Waals surface area contributed by atoms with Crippen molar-refractivity contribution >= 4 is 17.7 Å². The lowest BCUT2D eigenvalue weighted by Gasteiger charge is -2.43. The second-order valence-electron chi connectivity index (χ2n) is 10.2. The molecule has 3 rings (SSSR count). The van der Waals surface area contributed by atoms with E-state index in [0.717, 1.165) is 11.1 Å². The number of allylic oxidation sites excluding steroid dienone is 2. The van der Waals surface area contributed by atoms with Gasteiger partial charge in [0.2, 0.25) is 0 Å². The summed E-state index contributed by atoms with van der Waals surface area (Å²) in [5.74, 6) is -0.773. The van der Waals surface area contributed by atoms with Gasteiger partial charge in [-0.1, -0.05) is 25.5 Å². The first-order valence-corrected chi connectivity index (χ1v) is 11.5. The summed E-state index contributed by atoms with van der Waals surface area (Å²) in [6.07, 6.45) is 5.51. The monoisotopic (exact) mass is 432 g/mol. The normalized spacial score (nSPS) is 33.7. The second-order valence-corrected chi connectivity index (χ2v) is 10.2. The van der Waals surface area contributed by atoms with Gasteiger partial charge in [0.05, 0.1) is 17.9 Å². The number of ether oxygens (including phenoxy) is 2. The Morgan fingerprint density at radius 2 is 1.94 bits per heavy atom. The van der Waals surface area contributed by atoms with Crippen molar-refractivity contribution in [3.8, 4) is 0 Å². The highest BCUT2D eigenvalue weighted by molar-refractivity contribution is 5.94. The number of carbonyl (C=O) groups is 3. The first-order valence-electron chi connectivity index (χ1n) is 11.5. The average Bonchev–Trinajstić information content (AvgIpc) is 2.67. The fraction of sp³-hybridized carbons (Fsp3) is 0.720. The molecule has 6 atom stereocenters. The van der Waals surface area contributed by atoms with Crippen LogP contribution >= 0.6 is 0 Å². The zero-order valence-corrected chi connectivity index (χ0v) is 19.3. The van der Waals surface area contributed by atoms with E-state index in [1.165, 1.54) is 0 Å². The third-order valence-corrected chi connectivity index (χ3v) is 7.34. The van der Waals surface area contributed by atoms with E-state index in [9.17, 15) is 19.5 Å². The van der Waals surface area contributed by atoms with E-state index in [0.29, 0.717) is 32.1 Å². The van der Waals surface area contributed by atoms with Gasteiger partial charge in [-0.3, -0.25) is 14.4 Å². The van der Waals surface area contributed by atoms with E-state index in [1.807, 2.05) is 34.6 Å². The summed E-state index contributed by atoms with van der Waals surface area (Å²) < 4.78 is 11.5. The zero-order chi connectivity index (χ0) is 22.9. The molecule has 0 aromatic heterocycles. The molecule has 1 fully saturated rings. The van der Waals surface area contributed by atoms with E-state index >= 15 is 0 Å². The van der Waals surface area contributed by atoms with Gasteiger partial charge in [0.25, 0.3) is 0 Å². The van der Waals surface area contributed by atoms with Crippen LogP contribution < -0.4 is 0 Å². The average molecular weight is 433 g/mol. The lowest BCUT2D eigenvalue weighted by Crippen LogP contribution is -2.44. The minimum Gasteiger partial charge on any atom is -0.462 e. The molecule has 1 heterocycles. The summed E-state index contributed by atoms with van der Waals surface area (Å²) in [5, 5.41) is 9.91. The van der Waals surface area contributed by atoms with Crippen molar-refractivity contribution in [3.63, 3.8) is 0 Å². The first kappa shape index (κ1) is 23.7. The fourth-order valence-corrected chi connectivity index (χ4v) is 4.98. The lowest BCUT2D eigenvalue weighted by molar-refractivity contribution is -0.165. The van der Waals surface area contributed by atoms with Gasteiger partial charge < -0.3 is 14.6 Å². The van der Waals surface area contributed by atoms with Crippen LogP contribution in [0.25, 0.3) is 0 Å². The van der Waals surface area contributed by atoms with Gasteiger partial charge in [-0.15, -0.1) is 0 Å². The van der Waals surface area contributed by atoms with Gasteiger partial charge in [-0.05, 0) is 57.6 Å². The molecule has 0 saturated carbocycles. The number of fused-ring (bicyclic) bond motifs is 1. The standard InChI is InChI=1S/C25H36O6/c1-6-25(4,5)24(29)31-21-10-14(2)9-16-11-20(27)15(3)19(23(16)21)8-7-18-12-17(26)13-22(28)30-18/h9,11,15,17-19,21,23,26H,6-8,10,12-13H2,1-5H3/t15-,17+,18+,19+,21-,23-/m0/s1. The van der Waals surface area contributed by atoms with E-state index in [2.05, 4.69) is 6.08 Å². The highest BCUT2D eigenvalue weighted by atomic mass is 16.6. The smallest absolute Gasteiger partial charge is 0.311 e. The van der Waals surface area contributed by atoms with Crippen LogP contribution in [0, 0.1) is 23.2 Å². The molecule has 1 N–H and O–H groups in total. The number of hydrogen-bond donors (Lipinski definition) is 1. The predicted octanol–water partition coefficient (Wildman–Crippen LogP) is 3.91.